The Morgan fingerprint density at radius 2 is 1.95 bits per heavy atom. The number of carbonyl (C=O) groups is 2. The van der Waals surface area contributed by atoms with Crippen LogP contribution in [0.2, 0.25) is 0 Å². The van der Waals surface area contributed by atoms with E-state index in [2.05, 4.69) is 5.32 Å². The maximum Gasteiger partial charge on any atom is 0.264 e. The quantitative estimate of drug-likeness (QED) is 0.806. The first-order valence-electron chi connectivity index (χ1n) is 6.70. The van der Waals surface area contributed by atoms with Gasteiger partial charge in [0.05, 0.1) is 5.69 Å². The van der Waals surface area contributed by atoms with Crippen molar-refractivity contribution in [2.75, 3.05) is 5.73 Å². The molecule has 0 aliphatic carbocycles. The van der Waals surface area contributed by atoms with Crippen molar-refractivity contribution in [1.29, 1.82) is 0 Å². The lowest BCUT2D eigenvalue weighted by Crippen LogP contribution is -2.47. The average molecular weight is 305 g/mol. The Bertz CT molecular complexity index is 706. The van der Waals surface area contributed by atoms with Crippen molar-refractivity contribution in [3.8, 4) is 0 Å². The second-order valence-electron chi connectivity index (χ2n) is 5.39. The number of fused-ring (bicyclic) bond motifs is 1. The van der Waals surface area contributed by atoms with E-state index in [1.54, 1.807) is 0 Å². The molecule has 1 atom stereocenters. The molecule has 5 N–H and O–H groups in total. The van der Waals surface area contributed by atoms with E-state index >= 15 is 0 Å². The molecule has 21 heavy (non-hydrogen) atoms. The summed E-state index contributed by atoms with van der Waals surface area (Å²) >= 11 is 1.33. The minimum atomic E-state index is -0.705. The molecule has 1 aromatic heterocycles. The monoisotopic (exact) mass is 305 g/mol. The maximum absolute atomic E-state index is 12.4. The van der Waals surface area contributed by atoms with Gasteiger partial charge in [-0.2, -0.15) is 0 Å². The zero-order valence-electron chi connectivity index (χ0n) is 12.3. The molecule has 0 saturated heterocycles. The molecular weight excluding hydrogens is 286 g/mol. The summed E-state index contributed by atoms with van der Waals surface area (Å²) in [7, 11) is 0. The van der Waals surface area contributed by atoms with Gasteiger partial charge in [-0.25, -0.2) is 0 Å². The van der Waals surface area contributed by atoms with Crippen molar-refractivity contribution < 1.29 is 9.59 Å². The molecule has 1 unspecified atom stereocenters. The average Bonchev–Trinajstić information content (AvgIpc) is 2.74. The lowest BCUT2D eigenvalue weighted by atomic mass is 10.0. The van der Waals surface area contributed by atoms with Crippen LogP contribution >= 0.6 is 11.3 Å². The third kappa shape index (κ3) is 2.85. The van der Waals surface area contributed by atoms with Crippen LogP contribution in [0.1, 0.15) is 29.1 Å². The van der Waals surface area contributed by atoms with E-state index in [4.69, 9.17) is 11.5 Å². The lowest BCUT2D eigenvalue weighted by molar-refractivity contribution is -0.120. The molecule has 1 heterocycles. The van der Waals surface area contributed by atoms with Gasteiger partial charge in [-0.1, -0.05) is 32.0 Å². The van der Waals surface area contributed by atoms with Gasteiger partial charge in [0.1, 0.15) is 10.9 Å². The fourth-order valence-corrected chi connectivity index (χ4v) is 3.31. The first kappa shape index (κ1) is 15.3. The molecule has 2 rings (SSSR count). The third-order valence-corrected chi connectivity index (χ3v) is 4.77. The minimum Gasteiger partial charge on any atom is -0.397 e. The second kappa shape index (κ2) is 5.73. The molecule has 5 nitrogen and oxygen atoms in total. The summed E-state index contributed by atoms with van der Waals surface area (Å²) in [6, 6.07) is 5.06. The van der Waals surface area contributed by atoms with Crippen LogP contribution < -0.4 is 16.8 Å². The number of nitrogen functional groups attached to an aromatic ring is 1. The van der Waals surface area contributed by atoms with Crippen LogP contribution in [0.25, 0.3) is 10.1 Å². The van der Waals surface area contributed by atoms with Gasteiger partial charge in [-0.15, -0.1) is 11.3 Å². The number of nitrogens with one attached hydrogen (secondary N) is 1. The normalized spacial score (nSPS) is 12.6. The summed E-state index contributed by atoms with van der Waals surface area (Å²) in [5, 5.41) is 3.54. The molecule has 0 radical (unpaired) electrons. The zero-order chi connectivity index (χ0) is 15.7. The van der Waals surface area contributed by atoms with Crippen LogP contribution in [0.4, 0.5) is 5.69 Å². The highest BCUT2D eigenvalue weighted by molar-refractivity contribution is 7.21. The predicted molar refractivity (Wildman–Crippen MR) is 86.3 cm³/mol. The molecule has 0 fully saturated rings. The Morgan fingerprint density at radius 1 is 1.29 bits per heavy atom. The predicted octanol–water partition coefficient (Wildman–Crippen LogP) is 2.03. The highest BCUT2D eigenvalue weighted by Gasteiger charge is 2.25. The zero-order valence-corrected chi connectivity index (χ0v) is 13.1. The maximum atomic E-state index is 12.4. The summed E-state index contributed by atoms with van der Waals surface area (Å²) in [5.41, 5.74) is 12.9. The molecular formula is C15H19N3O2S. The highest BCUT2D eigenvalue weighted by atomic mass is 32.1. The molecule has 2 amide bonds. The van der Waals surface area contributed by atoms with Crippen LogP contribution in [0, 0.1) is 12.8 Å². The lowest BCUT2D eigenvalue weighted by Gasteiger charge is -2.18. The van der Waals surface area contributed by atoms with Crippen molar-refractivity contribution in [2.45, 2.75) is 26.8 Å². The van der Waals surface area contributed by atoms with Crippen molar-refractivity contribution in [3.05, 3.63) is 28.6 Å². The number of carbonyl (C=O) groups excluding carboxylic acids is 2. The van der Waals surface area contributed by atoms with Crippen LogP contribution in [-0.2, 0) is 4.79 Å². The summed E-state index contributed by atoms with van der Waals surface area (Å²) in [6.45, 7) is 5.63. The number of primary amides is 1. The van der Waals surface area contributed by atoms with Gasteiger partial charge in [0.15, 0.2) is 0 Å². The summed E-state index contributed by atoms with van der Waals surface area (Å²) < 4.78 is 0.986. The van der Waals surface area contributed by atoms with Gasteiger partial charge in [0.25, 0.3) is 5.91 Å². The Morgan fingerprint density at radius 3 is 2.48 bits per heavy atom. The molecule has 112 valence electrons. The van der Waals surface area contributed by atoms with Crippen molar-refractivity contribution in [3.63, 3.8) is 0 Å². The first-order chi connectivity index (χ1) is 9.82. The summed E-state index contributed by atoms with van der Waals surface area (Å²) in [4.78, 5) is 24.2. The van der Waals surface area contributed by atoms with Gasteiger partial charge < -0.3 is 16.8 Å². The largest absolute Gasteiger partial charge is 0.397 e. The summed E-state index contributed by atoms with van der Waals surface area (Å²) in [6.07, 6.45) is 0. The Hall–Kier alpha value is -2.08. The number of anilines is 1. The van der Waals surface area contributed by atoms with E-state index in [0.717, 1.165) is 15.6 Å². The summed E-state index contributed by atoms with van der Waals surface area (Å²) in [5.74, 6) is -0.983. The van der Waals surface area contributed by atoms with Crippen LogP contribution in [0.5, 0.6) is 0 Å². The standard InChI is InChI=1S/C15H19N3O2S/c1-7(2)11(14(17)19)18-15(20)13-10(16)9-6-4-5-8(3)12(9)21-13/h4-7,11H,16H2,1-3H3,(H2,17,19)(H,18,20). The number of hydrogen-bond acceptors (Lipinski definition) is 4. The molecule has 0 aliphatic rings. The Labute approximate surface area is 127 Å². The van der Waals surface area contributed by atoms with E-state index in [0.29, 0.717) is 10.6 Å². The van der Waals surface area contributed by atoms with Crippen LogP contribution in [0.3, 0.4) is 0 Å². The number of amides is 2. The van der Waals surface area contributed by atoms with Crippen molar-refractivity contribution in [2.24, 2.45) is 11.7 Å². The molecule has 0 bridgehead atoms. The molecule has 0 saturated carbocycles. The number of nitrogens with two attached hydrogens (primary N) is 2. The number of rotatable bonds is 4. The number of hydrogen-bond donors (Lipinski definition) is 3. The van der Waals surface area contributed by atoms with E-state index < -0.39 is 11.9 Å². The fraction of sp³-hybridized carbons (Fsp3) is 0.333. The third-order valence-electron chi connectivity index (χ3n) is 3.42. The SMILES string of the molecule is Cc1cccc2c(N)c(C(=O)NC(C(N)=O)C(C)C)sc12. The molecule has 1 aromatic carbocycles. The topological polar surface area (TPSA) is 98.2 Å². The Balaban J connectivity index is 2.38. The minimum absolute atomic E-state index is 0.0798. The molecule has 2 aromatic rings. The van der Waals surface area contributed by atoms with Gasteiger partial charge in [0.2, 0.25) is 5.91 Å². The molecule has 0 aliphatic heterocycles. The van der Waals surface area contributed by atoms with E-state index in [-0.39, 0.29) is 11.8 Å². The van der Waals surface area contributed by atoms with Gasteiger partial charge in [0, 0.05) is 10.1 Å². The van der Waals surface area contributed by atoms with Gasteiger partial charge >= 0.3 is 0 Å². The molecule has 6 heteroatoms. The first-order valence-corrected chi connectivity index (χ1v) is 7.52. The van der Waals surface area contributed by atoms with E-state index in [9.17, 15) is 9.59 Å². The van der Waals surface area contributed by atoms with E-state index in [1.807, 2.05) is 39.0 Å². The van der Waals surface area contributed by atoms with Crippen LogP contribution in [-0.4, -0.2) is 17.9 Å². The van der Waals surface area contributed by atoms with Crippen molar-refractivity contribution >= 4 is 38.9 Å². The van der Waals surface area contributed by atoms with Crippen molar-refractivity contribution in [1.82, 2.24) is 5.32 Å². The highest BCUT2D eigenvalue weighted by Crippen LogP contribution is 2.35. The molecule has 0 spiro atoms. The van der Waals surface area contributed by atoms with Gasteiger partial charge in [-0.3, -0.25) is 9.59 Å². The Kier molecular flexibility index (Phi) is 4.18. The number of aryl methyl sites for hydroxylation is 1. The van der Waals surface area contributed by atoms with E-state index in [1.165, 1.54) is 11.3 Å². The van der Waals surface area contributed by atoms with Gasteiger partial charge in [-0.05, 0) is 18.4 Å². The number of benzene rings is 1. The smallest absolute Gasteiger partial charge is 0.264 e. The fourth-order valence-electron chi connectivity index (χ4n) is 2.22. The van der Waals surface area contributed by atoms with Crippen LogP contribution in [0.15, 0.2) is 18.2 Å². The second-order valence-corrected chi connectivity index (χ2v) is 6.41. The number of thiophene rings is 1.